The fraction of sp³-hybridized carbons (Fsp3) is 0.122. The molecule has 0 bridgehead atoms. The van der Waals surface area contributed by atoms with Crippen LogP contribution in [0.5, 0.6) is 0 Å². The minimum Gasteiger partial charge on any atom is -0.454 e. The van der Waals surface area contributed by atoms with Crippen LogP contribution in [0.2, 0.25) is 5.54 Å². The number of rotatable bonds is 6. The van der Waals surface area contributed by atoms with E-state index >= 15 is 0 Å². The van der Waals surface area contributed by atoms with Crippen molar-refractivity contribution < 1.29 is 8.98 Å². The van der Waals surface area contributed by atoms with Crippen molar-refractivity contribution in [2.75, 3.05) is 0 Å². The van der Waals surface area contributed by atoms with E-state index in [2.05, 4.69) is 154 Å². The number of pyridine rings is 1. The summed E-state index contributed by atoms with van der Waals surface area (Å²) in [6, 6.07) is 47.9. The van der Waals surface area contributed by atoms with Crippen molar-refractivity contribution in [2.45, 2.75) is 26.3 Å². The second-order valence-electron chi connectivity index (χ2n) is 12.2. The molecule has 0 saturated heterocycles. The Hall–Kier alpha value is -5.24. The van der Waals surface area contributed by atoms with Crippen molar-refractivity contribution >= 4 is 45.6 Å². The van der Waals surface area contributed by atoms with Gasteiger partial charge in [-0.15, -0.1) is 0 Å². The number of benzene rings is 5. The highest BCUT2D eigenvalue weighted by Crippen LogP contribution is 2.41. The molecular weight excluding hydrogens is 565 g/mol. The van der Waals surface area contributed by atoms with Crippen LogP contribution < -0.4 is 20.1 Å². The average molecular weight is 600 g/mol. The number of nitriles is 1. The number of hydrogen-bond acceptors (Lipinski definition) is 2. The Morgan fingerprint density at radius 2 is 1.20 bits per heavy atom. The van der Waals surface area contributed by atoms with Crippen molar-refractivity contribution in [1.82, 2.24) is 0 Å². The maximum absolute atomic E-state index is 10.3. The lowest BCUT2D eigenvalue weighted by Crippen LogP contribution is -2.68. The molecule has 4 heteroatoms. The van der Waals surface area contributed by atoms with Gasteiger partial charge in [0.15, 0.2) is 14.3 Å². The molecule has 2 heterocycles. The van der Waals surface area contributed by atoms with Crippen LogP contribution in [0.15, 0.2) is 138 Å². The summed E-state index contributed by atoms with van der Waals surface area (Å²) in [7, 11) is -0.317. The molecule has 0 unspecified atom stereocenters. The molecule has 3 nitrogen and oxygen atoms in total. The normalized spacial score (nSPS) is 11.7. The molecule has 0 saturated carbocycles. The first kappa shape index (κ1) is 28.5. The SMILES string of the molecule is Cc1ccc2c(oc3c(-c4ccc([Si](c5ccccc5)(c5ccccc5)C(C)C)cc4)c(C#N)ccc32)c1-c1cccc[n+]1C. The van der Waals surface area contributed by atoms with Gasteiger partial charge in [0, 0.05) is 28.5 Å². The van der Waals surface area contributed by atoms with Crippen LogP contribution in [-0.2, 0) is 7.05 Å². The molecular formula is C41H35N2OSi+. The number of fused-ring (bicyclic) bond motifs is 3. The minimum absolute atomic E-state index is 0.419. The Morgan fingerprint density at radius 3 is 1.78 bits per heavy atom. The zero-order valence-corrected chi connectivity index (χ0v) is 27.1. The Morgan fingerprint density at radius 1 is 0.644 bits per heavy atom. The Labute approximate surface area is 265 Å². The summed E-state index contributed by atoms with van der Waals surface area (Å²) in [5.41, 5.74) is 7.75. The van der Waals surface area contributed by atoms with E-state index in [0.717, 1.165) is 49.9 Å². The number of aryl methyl sites for hydroxylation is 2. The third-order valence-electron chi connectivity index (χ3n) is 9.40. The van der Waals surface area contributed by atoms with Gasteiger partial charge in [-0.25, -0.2) is 4.57 Å². The monoisotopic (exact) mass is 599 g/mol. The summed E-state index contributed by atoms with van der Waals surface area (Å²) in [4.78, 5) is 0. The summed E-state index contributed by atoms with van der Waals surface area (Å²) in [6.07, 6.45) is 2.06. The zero-order chi connectivity index (χ0) is 31.1. The third kappa shape index (κ3) is 4.51. The van der Waals surface area contributed by atoms with Gasteiger partial charge in [-0.2, -0.15) is 5.26 Å². The third-order valence-corrected chi connectivity index (χ3v) is 14.9. The summed E-state index contributed by atoms with van der Waals surface area (Å²) in [6.45, 7) is 6.84. The lowest BCUT2D eigenvalue weighted by Gasteiger charge is -2.37. The topological polar surface area (TPSA) is 40.8 Å². The van der Waals surface area contributed by atoms with Crippen LogP contribution in [0.1, 0.15) is 25.0 Å². The molecule has 5 aromatic carbocycles. The van der Waals surface area contributed by atoms with Gasteiger partial charge in [0.05, 0.1) is 17.2 Å². The summed E-state index contributed by atoms with van der Waals surface area (Å²) in [5.74, 6) is 0. The van der Waals surface area contributed by atoms with Crippen molar-refractivity contribution in [3.8, 4) is 28.5 Å². The molecule has 0 aliphatic rings. The predicted molar refractivity (Wildman–Crippen MR) is 188 cm³/mol. The molecule has 0 amide bonds. The summed E-state index contributed by atoms with van der Waals surface area (Å²) >= 11 is 0. The summed E-state index contributed by atoms with van der Waals surface area (Å²) < 4.78 is 8.95. The first-order chi connectivity index (χ1) is 21.9. The van der Waals surface area contributed by atoms with Gasteiger partial charge >= 0.3 is 0 Å². The molecule has 0 aliphatic heterocycles. The molecule has 0 aliphatic carbocycles. The second-order valence-corrected chi connectivity index (χ2v) is 16.7. The van der Waals surface area contributed by atoms with Crippen molar-refractivity contribution in [1.29, 1.82) is 5.26 Å². The molecule has 7 rings (SSSR count). The minimum atomic E-state index is -2.37. The lowest BCUT2D eigenvalue weighted by molar-refractivity contribution is -0.660. The fourth-order valence-corrected chi connectivity index (χ4v) is 12.4. The molecule has 0 N–H and O–H groups in total. The average Bonchev–Trinajstić information content (AvgIpc) is 3.45. The molecule has 0 fully saturated rings. The van der Waals surface area contributed by atoms with Crippen molar-refractivity contribution in [2.24, 2.45) is 7.05 Å². The highest BCUT2D eigenvalue weighted by molar-refractivity contribution is 7.12. The van der Waals surface area contributed by atoms with Gasteiger partial charge in [0.1, 0.15) is 18.2 Å². The van der Waals surface area contributed by atoms with E-state index in [-0.39, 0.29) is 0 Å². The van der Waals surface area contributed by atoms with Crippen LogP contribution >= 0.6 is 0 Å². The molecule has 0 spiro atoms. The Balaban J connectivity index is 1.46. The van der Waals surface area contributed by atoms with Gasteiger partial charge in [-0.1, -0.05) is 111 Å². The quantitative estimate of drug-likeness (QED) is 0.111. The zero-order valence-electron chi connectivity index (χ0n) is 26.1. The van der Waals surface area contributed by atoms with Crippen LogP contribution in [-0.4, -0.2) is 8.07 Å². The molecule has 0 radical (unpaired) electrons. The van der Waals surface area contributed by atoms with Gasteiger partial charge in [-0.3, -0.25) is 0 Å². The van der Waals surface area contributed by atoms with Crippen LogP contribution in [0.25, 0.3) is 44.3 Å². The maximum Gasteiger partial charge on any atom is 0.216 e. The van der Waals surface area contributed by atoms with Crippen LogP contribution in [0.4, 0.5) is 0 Å². The lowest BCUT2D eigenvalue weighted by atomic mass is 9.96. The van der Waals surface area contributed by atoms with E-state index in [1.165, 1.54) is 15.6 Å². The molecule has 7 aromatic rings. The van der Waals surface area contributed by atoms with E-state index < -0.39 is 8.07 Å². The standard InChI is InChI=1S/C41H35N2OSi/c1-28(2)45(32-13-7-5-8-14-32,33-15-9-6-10-16-33)34-22-19-30(20-23-34)39-31(27-42)21-25-36-35-24-18-29(3)38(40(35)44-41(36)39)37-17-11-12-26-43(37)4/h5-26,28H,1-4H3/q+1. The number of furan rings is 1. The number of nitrogens with zero attached hydrogens (tertiary/aromatic N) is 2. The molecule has 45 heavy (non-hydrogen) atoms. The molecule has 0 atom stereocenters. The van der Waals surface area contributed by atoms with Gasteiger partial charge < -0.3 is 4.42 Å². The van der Waals surface area contributed by atoms with E-state index in [1.54, 1.807) is 0 Å². The first-order valence-electron chi connectivity index (χ1n) is 15.5. The second kappa shape index (κ2) is 11.4. The van der Waals surface area contributed by atoms with Crippen molar-refractivity contribution in [3.05, 3.63) is 145 Å². The largest absolute Gasteiger partial charge is 0.454 e. The maximum atomic E-state index is 10.3. The predicted octanol–water partition coefficient (Wildman–Crippen LogP) is 7.80. The highest BCUT2D eigenvalue weighted by atomic mass is 28.3. The smallest absolute Gasteiger partial charge is 0.216 e. The van der Waals surface area contributed by atoms with Gasteiger partial charge in [-0.05, 0) is 57.4 Å². The van der Waals surface area contributed by atoms with Gasteiger partial charge in [0.25, 0.3) is 0 Å². The van der Waals surface area contributed by atoms with Crippen LogP contribution in [0, 0.1) is 18.3 Å². The summed E-state index contributed by atoms with van der Waals surface area (Å²) in [5, 5.41) is 16.5. The van der Waals surface area contributed by atoms with Crippen molar-refractivity contribution in [3.63, 3.8) is 0 Å². The number of aromatic nitrogens is 1. The van der Waals surface area contributed by atoms with Gasteiger partial charge in [0.2, 0.25) is 5.69 Å². The van der Waals surface area contributed by atoms with E-state index in [1.807, 2.05) is 18.2 Å². The van der Waals surface area contributed by atoms with E-state index in [4.69, 9.17) is 4.42 Å². The van der Waals surface area contributed by atoms with E-state index in [9.17, 15) is 5.26 Å². The molecule has 218 valence electrons. The highest BCUT2D eigenvalue weighted by Gasteiger charge is 2.42. The van der Waals surface area contributed by atoms with E-state index in [0.29, 0.717) is 11.1 Å². The number of hydrogen-bond donors (Lipinski definition) is 0. The Kier molecular flexibility index (Phi) is 7.20. The fourth-order valence-electron chi connectivity index (χ4n) is 7.29. The first-order valence-corrected chi connectivity index (χ1v) is 17.6. The van der Waals surface area contributed by atoms with Crippen LogP contribution in [0.3, 0.4) is 0 Å². The molecule has 2 aromatic heterocycles. The Bertz CT molecular complexity index is 2170.